The molecule has 0 radical (unpaired) electrons. The van der Waals surface area contributed by atoms with E-state index in [2.05, 4.69) is 13.8 Å². The third-order valence-electron chi connectivity index (χ3n) is 2.33. The van der Waals surface area contributed by atoms with Crippen LogP contribution in [0.1, 0.15) is 39.5 Å². The van der Waals surface area contributed by atoms with Gasteiger partial charge in [0.25, 0.3) is 0 Å². The second kappa shape index (κ2) is 13.6. The van der Waals surface area contributed by atoms with Crippen molar-refractivity contribution in [2.75, 3.05) is 12.4 Å². The van der Waals surface area contributed by atoms with Gasteiger partial charge in [0.05, 0.1) is 12.4 Å². The summed E-state index contributed by atoms with van der Waals surface area (Å²) in [5.74, 6) is 0.517. The quantitative estimate of drug-likeness (QED) is 0.278. The van der Waals surface area contributed by atoms with Crippen molar-refractivity contribution in [1.29, 1.82) is 0 Å². The summed E-state index contributed by atoms with van der Waals surface area (Å²) in [6, 6.07) is 0. The Hall–Kier alpha value is 1.13. The van der Waals surface area contributed by atoms with Crippen molar-refractivity contribution < 1.29 is 39.1 Å². The zero-order chi connectivity index (χ0) is 12.4. The van der Waals surface area contributed by atoms with E-state index < -0.39 is 0 Å². The molecule has 1 atom stereocenters. The van der Waals surface area contributed by atoms with Gasteiger partial charge >= 0.3 is 35.5 Å². The molecule has 94 valence electrons. The summed E-state index contributed by atoms with van der Waals surface area (Å²) in [5, 5.41) is 0. The Balaban J connectivity index is 0. The topological polar surface area (TPSA) is 26.3 Å². The molecule has 0 spiro atoms. The van der Waals surface area contributed by atoms with Gasteiger partial charge in [-0.2, -0.15) is 0 Å². The largest absolute Gasteiger partial charge is 1.00 e. The first-order valence-corrected chi connectivity index (χ1v) is 7.39. The van der Waals surface area contributed by atoms with Crippen LogP contribution in [0, 0.1) is 5.92 Å². The Kier molecular flexibility index (Phi) is 16.3. The molecule has 6 heteroatoms. The molecule has 0 aromatic rings. The second-order valence-electron chi connectivity index (χ2n) is 3.64. The predicted molar refractivity (Wildman–Crippen MR) is 76.7 cm³/mol. The number of rotatable bonds is 8. The molecular weight excluding hydrogens is 283 g/mol. The molecule has 0 N–H and O–H groups in total. The second-order valence-corrected chi connectivity index (χ2v) is 6.22. The zero-order valence-corrected chi connectivity index (χ0v) is 15.3. The van der Waals surface area contributed by atoms with E-state index in [0.717, 1.165) is 12.8 Å². The molecule has 1 unspecified atom stereocenters. The molecular formula is C11H19NaO2S3. The molecule has 0 saturated heterocycles. The van der Waals surface area contributed by atoms with Crippen molar-refractivity contribution >= 4 is 46.1 Å². The first kappa shape index (κ1) is 20.4. The average molecular weight is 302 g/mol. The number of carbonyl (C=O) groups is 1. The van der Waals surface area contributed by atoms with Crippen molar-refractivity contribution in [1.82, 2.24) is 0 Å². The van der Waals surface area contributed by atoms with Crippen LogP contribution < -0.4 is 29.6 Å². The maximum Gasteiger partial charge on any atom is 1.00 e. The van der Waals surface area contributed by atoms with Crippen LogP contribution in [0.25, 0.3) is 0 Å². The van der Waals surface area contributed by atoms with Crippen LogP contribution in [0.3, 0.4) is 0 Å². The molecule has 0 aliphatic rings. The summed E-state index contributed by atoms with van der Waals surface area (Å²) >= 11 is 10.6. The van der Waals surface area contributed by atoms with Crippen molar-refractivity contribution in [2.24, 2.45) is 5.92 Å². The number of carbonyl (C=O) groups excluding carboxylic acids is 1. The van der Waals surface area contributed by atoms with Crippen molar-refractivity contribution in [2.45, 2.75) is 39.5 Å². The fourth-order valence-electron chi connectivity index (χ4n) is 1.27. The molecule has 0 rings (SSSR count). The minimum Gasteiger partial charge on any atom is -0.465 e. The van der Waals surface area contributed by atoms with Gasteiger partial charge in [-0.1, -0.05) is 36.6 Å². The Labute approximate surface area is 142 Å². The summed E-state index contributed by atoms with van der Waals surface area (Å²) in [6.45, 7) is 4.82. The summed E-state index contributed by atoms with van der Waals surface area (Å²) < 4.78 is 5.55. The van der Waals surface area contributed by atoms with Gasteiger partial charge in [0.15, 0.2) is 0 Å². The van der Waals surface area contributed by atoms with Crippen LogP contribution in [-0.4, -0.2) is 21.9 Å². The Bertz CT molecular complexity index is 225. The van der Waals surface area contributed by atoms with Crippen molar-refractivity contribution in [3.05, 3.63) is 0 Å². The van der Waals surface area contributed by atoms with E-state index in [4.69, 9.17) is 29.6 Å². The smallest absolute Gasteiger partial charge is 0.465 e. The molecule has 0 aliphatic carbocycles. The van der Waals surface area contributed by atoms with Gasteiger partial charge in [-0.05, 0) is 12.3 Å². The van der Waals surface area contributed by atoms with Gasteiger partial charge in [-0.25, -0.2) is 0 Å². The number of esters is 1. The zero-order valence-electron chi connectivity index (χ0n) is 10.9. The van der Waals surface area contributed by atoms with Gasteiger partial charge in [0, 0.05) is 0 Å². The summed E-state index contributed by atoms with van der Waals surface area (Å²) in [4.78, 5) is 11.3. The maximum atomic E-state index is 11.3. The van der Waals surface area contributed by atoms with E-state index >= 15 is 0 Å². The Morgan fingerprint density at radius 1 is 1.47 bits per heavy atom. The SMILES string of the molecule is CCCCC(CC)COC(=O)CSC(=S)[S-].[Na+]. The van der Waals surface area contributed by atoms with E-state index in [-0.39, 0.29) is 41.3 Å². The molecule has 0 aromatic heterocycles. The van der Waals surface area contributed by atoms with Crippen LogP contribution in [0.15, 0.2) is 0 Å². The molecule has 2 nitrogen and oxygen atoms in total. The van der Waals surface area contributed by atoms with Crippen LogP contribution in [0.4, 0.5) is 0 Å². The monoisotopic (exact) mass is 302 g/mol. The van der Waals surface area contributed by atoms with E-state index in [9.17, 15) is 4.79 Å². The van der Waals surface area contributed by atoms with Gasteiger partial charge in [-0.15, -0.1) is 11.8 Å². The van der Waals surface area contributed by atoms with E-state index in [1.165, 1.54) is 24.6 Å². The summed E-state index contributed by atoms with van der Waals surface area (Å²) in [7, 11) is 0. The molecule has 0 saturated carbocycles. The van der Waals surface area contributed by atoms with Crippen LogP contribution in [0.2, 0.25) is 0 Å². The van der Waals surface area contributed by atoms with Gasteiger partial charge in [0.1, 0.15) is 0 Å². The molecule has 0 aliphatic heterocycles. The third-order valence-corrected chi connectivity index (χ3v) is 3.65. The van der Waals surface area contributed by atoms with Crippen LogP contribution >= 0.6 is 24.0 Å². The molecule has 0 aromatic carbocycles. The number of ether oxygens (including phenoxy) is 1. The van der Waals surface area contributed by atoms with Crippen molar-refractivity contribution in [3.8, 4) is 0 Å². The summed E-state index contributed by atoms with van der Waals surface area (Å²) in [6.07, 6.45) is 4.57. The number of thioether (sulfide) groups is 1. The van der Waals surface area contributed by atoms with Crippen LogP contribution in [0.5, 0.6) is 0 Å². The fourth-order valence-corrected chi connectivity index (χ4v) is 1.94. The molecule has 0 amide bonds. The van der Waals surface area contributed by atoms with E-state index in [1.807, 2.05) is 0 Å². The minimum atomic E-state index is -0.216. The molecule has 17 heavy (non-hydrogen) atoms. The minimum absolute atomic E-state index is 0. The van der Waals surface area contributed by atoms with E-state index in [1.54, 1.807) is 0 Å². The number of thiocarbonyl (C=S) groups is 1. The Morgan fingerprint density at radius 3 is 2.59 bits per heavy atom. The Morgan fingerprint density at radius 2 is 2.12 bits per heavy atom. The predicted octanol–water partition coefficient (Wildman–Crippen LogP) is 0.315. The van der Waals surface area contributed by atoms with Gasteiger partial charge in [-0.3, -0.25) is 4.79 Å². The molecule has 0 fully saturated rings. The third kappa shape index (κ3) is 13.4. The fraction of sp³-hybridized carbons (Fsp3) is 0.818. The molecule has 0 heterocycles. The number of unbranched alkanes of at least 4 members (excludes halogenated alkanes) is 1. The first-order chi connectivity index (χ1) is 7.60. The maximum absolute atomic E-state index is 11.3. The normalized spacial score (nSPS) is 11.4. The van der Waals surface area contributed by atoms with E-state index in [0.29, 0.717) is 16.1 Å². The number of hydrogen-bond donors (Lipinski definition) is 0. The number of hydrogen-bond acceptors (Lipinski definition) is 5. The standard InChI is InChI=1S/C11H20O2S3.Na/c1-3-5-6-9(4-2)7-13-10(12)8-16-11(14)15;/h9H,3-8H2,1-2H3,(H,14,15);/q;+1/p-1. The average Bonchev–Trinajstić information content (AvgIpc) is 2.26. The van der Waals surface area contributed by atoms with Gasteiger partial charge in [0.2, 0.25) is 0 Å². The van der Waals surface area contributed by atoms with Crippen LogP contribution in [-0.2, 0) is 22.2 Å². The first-order valence-electron chi connectivity index (χ1n) is 5.59. The van der Waals surface area contributed by atoms with Gasteiger partial charge < -0.3 is 29.6 Å². The molecule has 0 bridgehead atoms. The van der Waals surface area contributed by atoms with Crippen molar-refractivity contribution in [3.63, 3.8) is 0 Å². The summed E-state index contributed by atoms with van der Waals surface area (Å²) in [5.41, 5.74) is 0.